The molecule has 0 fully saturated rings. The van der Waals surface area contributed by atoms with Crippen LogP contribution in [0.5, 0.6) is 5.75 Å². The normalized spacial score (nSPS) is 10.6. The Morgan fingerprint density at radius 3 is 2.95 bits per heavy atom. The molecule has 4 nitrogen and oxygen atoms in total. The minimum atomic E-state index is 0.828. The molecule has 1 aromatic heterocycles. The Morgan fingerprint density at radius 2 is 2.16 bits per heavy atom. The molecule has 4 heteroatoms. The van der Waals surface area contributed by atoms with Gasteiger partial charge in [-0.05, 0) is 30.2 Å². The van der Waals surface area contributed by atoms with Crippen molar-refractivity contribution in [3.63, 3.8) is 0 Å². The summed E-state index contributed by atoms with van der Waals surface area (Å²) in [5.74, 6) is 0.898. The van der Waals surface area contributed by atoms with E-state index in [1.807, 2.05) is 18.3 Å². The zero-order valence-corrected chi connectivity index (χ0v) is 11.6. The minimum absolute atomic E-state index is 0.828. The molecule has 0 saturated carbocycles. The molecule has 1 N–H and O–H groups in total. The van der Waals surface area contributed by atoms with Crippen LogP contribution in [0, 0.1) is 0 Å². The highest BCUT2D eigenvalue weighted by atomic mass is 16.5. The fraction of sp³-hybridized carbons (Fsp3) is 0.400. The first kappa shape index (κ1) is 13.6. The molecule has 0 amide bonds. The van der Waals surface area contributed by atoms with Crippen LogP contribution in [0.25, 0.3) is 0 Å². The first-order valence-corrected chi connectivity index (χ1v) is 6.68. The SMILES string of the molecule is CCCn1nccc1CNCc1cccc(OC)c1. The van der Waals surface area contributed by atoms with E-state index in [0.717, 1.165) is 31.8 Å². The molecule has 2 aromatic rings. The topological polar surface area (TPSA) is 39.1 Å². The van der Waals surface area contributed by atoms with E-state index in [1.165, 1.54) is 11.3 Å². The van der Waals surface area contributed by atoms with Crippen LogP contribution in [0.15, 0.2) is 36.5 Å². The molecule has 0 saturated heterocycles. The van der Waals surface area contributed by atoms with Crippen LogP contribution in [0.2, 0.25) is 0 Å². The number of nitrogens with zero attached hydrogens (tertiary/aromatic N) is 2. The summed E-state index contributed by atoms with van der Waals surface area (Å²) >= 11 is 0. The monoisotopic (exact) mass is 259 g/mol. The summed E-state index contributed by atoms with van der Waals surface area (Å²) in [6.45, 7) is 4.80. The van der Waals surface area contributed by atoms with E-state index in [2.05, 4.69) is 40.2 Å². The Labute approximate surface area is 114 Å². The average Bonchev–Trinajstić information content (AvgIpc) is 2.87. The molecule has 0 radical (unpaired) electrons. The fourth-order valence-corrected chi connectivity index (χ4v) is 2.04. The van der Waals surface area contributed by atoms with Crippen molar-refractivity contribution in [1.82, 2.24) is 15.1 Å². The Hall–Kier alpha value is -1.81. The third kappa shape index (κ3) is 3.83. The molecule has 0 unspecified atom stereocenters. The predicted octanol–water partition coefficient (Wildman–Crippen LogP) is 2.59. The van der Waals surface area contributed by atoms with E-state index in [0.29, 0.717) is 0 Å². The quantitative estimate of drug-likeness (QED) is 0.830. The van der Waals surface area contributed by atoms with Gasteiger partial charge in [-0.3, -0.25) is 4.68 Å². The Bertz CT molecular complexity index is 508. The van der Waals surface area contributed by atoms with Crippen molar-refractivity contribution in [3.8, 4) is 5.75 Å². The van der Waals surface area contributed by atoms with Gasteiger partial charge in [-0.15, -0.1) is 0 Å². The van der Waals surface area contributed by atoms with Crippen LogP contribution in [-0.2, 0) is 19.6 Å². The Kier molecular flexibility index (Phi) is 4.98. The molecule has 0 aliphatic rings. The third-order valence-electron chi connectivity index (χ3n) is 3.01. The summed E-state index contributed by atoms with van der Waals surface area (Å²) in [6, 6.07) is 10.2. The van der Waals surface area contributed by atoms with Gasteiger partial charge in [0.25, 0.3) is 0 Å². The van der Waals surface area contributed by atoms with Crippen molar-refractivity contribution >= 4 is 0 Å². The first-order chi connectivity index (χ1) is 9.33. The van der Waals surface area contributed by atoms with Crippen molar-refractivity contribution in [2.24, 2.45) is 0 Å². The number of aromatic nitrogens is 2. The fourth-order valence-electron chi connectivity index (χ4n) is 2.04. The van der Waals surface area contributed by atoms with Gasteiger partial charge in [0.05, 0.1) is 12.8 Å². The van der Waals surface area contributed by atoms with Crippen molar-refractivity contribution in [2.45, 2.75) is 33.0 Å². The Morgan fingerprint density at radius 1 is 1.26 bits per heavy atom. The summed E-state index contributed by atoms with van der Waals surface area (Å²) in [7, 11) is 1.69. The van der Waals surface area contributed by atoms with Gasteiger partial charge < -0.3 is 10.1 Å². The number of methoxy groups -OCH3 is 1. The summed E-state index contributed by atoms with van der Waals surface area (Å²) in [5, 5.41) is 7.75. The zero-order valence-electron chi connectivity index (χ0n) is 11.6. The van der Waals surface area contributed by atoms with Crippen molar-refractivity contribution in [2.75, 3.05) is 7.11 Å². The minimum Gasteiger partial charge on any atom is -0.497 e. The number of rotatable bonds is 7. The van der Waals surface area contributed by atoms with E-state index < -0.39 is 0 Å². The summed E-state index contributed by atoms with van der Waals surface area (Å²) < 4.78 is 7.27. The van der Waals surface area contributed by atoms with Crippen molar-refractivity contribution in [3.05, 3.63) is 47.8 Å². The third-order valence-corrected chi connectivity index (χ3v) is 3.01. The number of benzene rings is 1. The molecule has 1 aromatic carbocycles. The number of nitrogens with one attached hydrogen (secondary N) is 1. The van der Waals surface area contributed by atoms with Crippen LogP contribution in [-0.4, -0.2) is 16.9 Å². The van der Waals surface area contributed by atoms with E-state index in [1.54, 1.807) is 7.11 Å². The van der Waals surface area contributed by atoms with E-state index in [4.69, 9.17) is 4.74 Å². The molecule has 2 rings (SSSR count). The largest absolute Gasteiger partial charge is 0.497 e. The summed E-state index contributed by atoms with van der Waals surface area (Å²) in [4.78, 5) is 0. The van der Waals surface area contributed by atoms with Crippen LogP contribution >= 0.6 is 0 Å². The maximum Gasteiger partial charge on any atom is 0.119 e. The standard InChI is InChI=1S/C15H21N3O/c1-3-9-18-14(7-8-17-18)12-16-11-13-5-4-6-15(10-13)19-2/h4-8,10,16H,3,9,11-12H2,1-2H3. The number of hydrogen-bond acceptors (Lipinski definition) is 3. The smallest absolute Gasteiger partial charge is 0.119 e. The molecule has 0 aliphatic heterocycles. The number of ether oxygens (including phenoxy) is 1. The van der Waals surface area contributed by atoms with Gasteiger partial charge in [0, 0.05) is 25.8 Å². The second-order valence-electron chi connectivity index (χ2n) is 4.50. The molecule has 0 bridgehead atoms. The van der Waals surface area contributed by atoms with Gasteiger partial charge in [-0.25, -0.2) is 0 Å². The van der Waals surface area contributed by atoms with E-state index in [9.17, 15) is 0 Å². The van der Waals surface area contributed by atoms with Crippen molar-refractivity contribution in [1.29, 1.82) is 0 Å². The zero-order chi connectivity index (χ0) is 13.5. The Balaban J connectivity index is 1.87. The lowest BCUT2D eigenvalue weighted by molar-refractivity contribution is 0.414. The highest BCUT2D eigenvalue weighted by Gasteiger charge is 2.01. The average molecular weight is 259 g/mol. The maximum absolute atomic E-state index is 5.22. The van der Waals surface area contributed by atoms with Gasteiger partial charge in [0.2, 0.25) is 0 Å². The lowest BCUT2D eigenvalue weighted by Gasteiger charge is -2.08. The van der Waals surface area contributed by atoms with Crippen LogP contribution in [0.4, 0.5) is 0 Å². The number of aryl methyl sites for hydroxylation is 1. The molecule has 0 aliphatic carbocycles. The molecule has 0 spiro atoms. The highest BCUT2D eigenvalue weighted by Crippen LogP contribution is 2.12. The van der Waals surface area contributed by atoms with Crippen LogP contribution in [0.3, 0.4) is 0 Å². The molecule has 102 valence electrons. The van der Waals surface area contributed by atoms with Gasteiger partial charge in [0.15, 0.2) is 0 Å². The lowest BCUT2D eigenvalue weighted by atomic mass is 10.2. The van der Waals surface area contributed by atoms with E-state index >= 15 is 0 Å². The van der Waals surface area contributed by atoms with Crippen LogP contribution < -0.4 is 10.1 Å². The molecular formula is C15H21N3O. The van der Waals surface area contributed by atoms with E-state index in [-0.39, 0.29) is 0 Å². The second-order valence-corrected chi connectivity index (χ2v) is 4.50. The lowest BCUT2D eigenvalue weighted by Crippen LogP contribution is -2.16. The maximum atomic E-state index is 5.22. The summed E-state index contributed by atoms with van der Waals surface area (Å²) in [5.41, 5.74) is 2.45. The first-order valence-electron chi connectivity index (χ1n) is 6.68. The van der Waals surface area contributed by atoms with Gasteiger partial charge in [0.1, 0.15) is 5.75 Å². The molecular weight excluding hydrogens is 238 g/mol. The molecule has 0 atom stereocenters. The van der Waals surface area contributed by atoms with Gasteiger partial charge in [-0.2, -0.15) is 5.10 Å². The van der Waals surface area contributed by atoms with Crippen molar-refractivity contribution < 1.29 is 4.74 Å². The van der Waals surface area contributed by atoms with Gasteiger partial charge in [-0.1, -0.05) is 19.1 Å². The number of hydrogen-bond donors (Lipinski definition) is 1. The predicted molar refractivity (Wildman–Crippen MR) is 76.1 cm³/mol. The van der Waals surface area contributed by atoms with Crippen LogP contribution in [0.1, 0.15) is 24.6 Å². The molecule has 1 heterocycles. The second kappa shape index (κ2) is 6.95. The summed E-state index contributed by atoms with van der Waals surface area (Å²) in [6.07, 6.45) is 2.96. The van der Waals surface area contributed by atoms with Gasteiger partial charge >= 0.3 is 0 Å². The highest BCUT2D eigenvalue weighted by molar-refractivity contribution is 5.28. The molecule has 19 heavy (non-hydrogen) atoms.